The lowest BCUT2D eigenvalue weighted by atomic mass is 10.1. The standard InChI is InChI=1S/C46H87N9O5/c1-4-7-10-13-27-42(56)53(36-22-32-51-45(59)40(49)25-16-18-30-47)34-20-21-35-54(43(57)28-14-11-8-5-2)38-24-39-55(44(58)29-15-12-9-6-3)37-23-33-52-46(60)41(50)26-17-19-31-48/h7-12,40-41H,4-6,13-39,47-50H2,1-3H3,(H,51,59)(H,52,60)/t40-,41-/m0/s1. The minimum atomic E-state index is -0.571. The molecule has 0 aromatic heterocycles. The van der Waals surface area contributed by atoms with Crippen molar-refractivity contribution in [2.24, 2.45) is 22.9 Å². The number of hydrogen-bond donors (Lipinski definition) is 6. The van der Waals surface area contributed by atoms with Crippen LogP contribution >= 0.6 is 0 Å². The Bertz CT molecular complexity index is 1230. The summed E-state index contributed by atoms with van der Waals surface area (Å²) in [6.07, 6.45) is 26.1. The molecule has 0 aliphatic carbocycles. The topological polar surface area (TPSA) is 223 Å². The Morgan fingerprint density at radius 2 is 0.767 bits per heavy atom. The lowest BCUT2D eigenvalue weighted by Gasteiger charge is -2.27. The molecule has 2 atom stereocenters. The third-order valence-corrected chi connectivity index (χ3v) is 10.2. The van der Waals surface area contributed by atoms with E-state index in [1.54, 1.807) is 0 Å². The van der Waals surface area contributed by atoms with Gasteiger partial charge in [0, 0.05) is 71.6 Å². The molecule has 0 fully saturated rings. The van der Waals surface area contributed by atoms with Crippen LogP contribution in [0.4, 0.5) is 0 Å². The third kappa shape index (κ3) is 30.4. The number of carbonyl (C=O) groups excluding carboxylic acids is 5. The van der Waals surface area contributed by atoms with Crippen LogP contribution in [0.2, 0.25) is 0 Å². The van der Waals surface area contributed by atoms with Crippen LogP contribution in [0.5, 0.6) is 0 Å². The summed E-state index contributed by atoms with van der Waals surface area (Å²) in [6.45, 7) is 11.4. The number of carbonyl (C=O) groups is 5. The highest BCUT2D eigenvalue weighted by molar-refractivity contribution is 5.82. The van der Waals surface area contributed by atoms with E-state index in [0.717, 1.165) is 57.8 Å². The van der Waals surface area contributed by atoms with E-state index < -0.39 is 12.1 Å². The van der Waals surface area contributed by atoms with Crippen LogP contribution in [0.25, 0.3) is 0 Å². The Labute approximate surface area is 364 Å². The van der Waals surface area contributed by atoms with Crippen molar-refractivity contribution in [3.63, 3.8) is 0 Å². The molecule has 0 saturated heterocycles. The van der Waals surface area contributed by atoms with Crippen LogP contribution in [-0.4, -0.2) is 122 Å². The average Bonchev–Trinajstić information content (AvgIpc) is 3.24. The normalized spacial score (nSPS) is 12.6. The van der Waals surface area contributed by atoms with Gasteiger partial charge in [0.25, 0.3) is 0 Å². The SMILES string of the molecule is CCC=CCCC(=O)N(CCCCN(CCCN(CCCNC(=O)[C@@H](N)CCCCN)C(=O)CCC=CCC)C(=O)CCC=CCC)CCCNC(=O)[C@@H](N)CCCCN. The lowest BCUT2D eigenvalue weighted by Crippen LogP contribution is -2.42. The first-order chi connectivity index (χ1) is 29.1. The summed E-state index contributed by atoms with van der Waals surface area (Å²) in [6, 6.07) is -1.14. The molecule has 60 heavy (non-hydrogen) atoms. The van der Waals surface area contributed by atoms with E-state index in [-0.39, 0.29) is 29.5 Å². The van der Waals surface area contributed by atoms with Gasteiger partial charge in [0.05, 0.1) is 12.1 Å². The van der Waals surface area contributed by atoms with E-state index in [1.807, 2.05) is 32.9 Å². The molecule has 0 radical (unpaired) electrons. The number of rotatable bonds is 39. The van der Waals surface area contributed by atoms with Crippen molar-refractivity contribution in [3.8, 4) is 0 Å². The van der Waals surface area contributed by atoms with Crippen LogP contribution in [0.3, 0.4) is 0 Å². The summed E-state index contributed by atoms with van der Waals surface area (Å²) < 4.78 is 0. The number of unbranched alkanes of at least 4 members (excludes halogenated alkanes) is 3. The summed E-state index contributed by atoms with van der Waals surface area (Å²) in [7, 11) is 0. The third-order valence-electron chi connectivity index (χ3n) is 10.2. The summed E-state index contributed by atoms with van der Waals surface area (Å²) >= 11 is 0. The van der Waals surface area contributed by atoms with Gasteiger partial charge in [-0.2, -0.15) is 0 Å². The quantitative estimate of drug-likeness (QED) is 0.0369. The monoisotopic (exact) mass is 846 g/mol. The fourth-order valence-corrected chi connectivity index (χ4v) is 6.59. The van der Waals surface area contributed by atoms with Gasteiger partial charge in [-0.05, 0) is 109 Å². The van der Waals surface area contributed by atoms with E-state index in [2.05, 4.69) is 49.6 Å². The average molecular weight is 846 g/mol. The molecule has 14 heteroatoms. The van der Waals surface area contributed by atoms with Gasteiger partial charge >= 0.3 is 0 Å². The molecule has 0 heterocycles. The van der Waals surface area contributed by atoms with E-state index in [1.165, 1.54) is 0 Å². The van der Waals surface area contributed by atoms with Gasteiger partial charge in [-0.3, -0.25) is 24.0 Å². The zero-order chi connectivity index (χ0) is 44.6. The highest BCUT2D eigenvalue weighted by atomic mass is 16.2. The fourth-order valence-electron chi connectivity index (χ4n) is 6.59. The molecule has 0 aliphatic rings. The molecule has 0 saturated carbocycles. The van der Waals surface area contributed by atoms with Crippen molar-refractivity contribution in [1.82, 2.24) is 25.3 Å². The van der Waals surface area contributed by atoms with Crippen molar-refractivity contribution in [3.05, 3.63) is 36.5 Å². The maximum Gasteiger partial charge on any atom is 0.236 e. The Morgan fingerprint density at radius 3 is 1.08 bits per heavy atom. The molecule has 14 nitrogen and oxygen atoms in total. The second kappa shape index (κ2) is 39.5. The number of nitrogens with two attached hydrogens (primary N) is 4. The minimum Gasteiger partial charge on any atom is -0.355 e. The van der Waals surface area contributed by atoms with E-state index >= 15 is 0 Å². The van der Waals surface area contributed by atoms with Gasteiger partial charge in [0.1, 0.15) is 0 Å². The number of nitrogens with one attached hydrogen (secondary N) is 2. The molecule has 10 N–H and O–H groups in total. The first-order valence-corrected chi connectivity index (χ1v) is 23.3. The Balaban J connectivity index is 5.51. The zero-order valence-corrected chi connectivity index (χ0v) is 38.0. The maximum atomic E-state index is 13.5. The van der Waals surface area contributed by atoms with Crippen molar-refractivity contribution < 1.29 is 24.0 Å². The van der Waals surface area contributed by atoms with Crippen molar-refractivity contribution in [2.75, 3.05) is 65.4 Å². The zero-order valence-electron chi connectivity index (χ0n) is 38.0. The van der Waals surface area contributed by atoms with Crippen LogP contribution in [0.1, 0.15) is 149 Å². The first kappa shape index (κ1) is 56.4. The second-order valence-corrected chi connectivity index (χ2v) is 15.5. The van der Waals surface area contributed by atoms with Crippen LogP contribution in [0.15, 0.2) is 36.5 Å². The number of allylic oxidation sites excluding steroid dienone is 6. The second-order valence-electron chi connectivity index (χ2n) is 15.5. The van der Waals surface area contributed by atoms with Crippen molar-refractivity contribution >= 4 is 29.5 Å². The molecule has 346 valence electrons. The summed E-state index contributed by atoms with van der Waals surface area (Å²) in [5.74, 6) is -0.149. The Morgan fingerprint density at radius 1 is 0.450 bits per heavy atom. The molecule has 0 aromatic rings. The van der Waals surface area contributed by atoms with Crippen LogP contribution < -0.4 is 33.6 Å². The summed E-state index contributed by atoms with van der Waals surface area (Å²) in [5.41, 5.74) is 23.2. The predicted octanol–water partition coefficient (Wildman–Crippen LogP) is 4.81. The fraction of sp³-hybridized carbons (Fsp3) is 0.761. The summed E-state index contributed by atoms with van der Waals surface area (Å²) in [4.78, 5) is 70.8. The van der Waals surface area contributed by atoms with Gasteiger partial charge in [0.15, 0.2) is 0 Å². The predicted molar refractivity (Wildman–Crippen MR) is 247 cm³/mol. The Kier molecular flexibility index (Phi) is 37.2. The van der Waals surface area contributed by atoms with E-state index in [4.69, 9.17) is 22.9 Å². The molecule has 0 unspecified atom stereocenters. The molecule has 5 amide bonds. The van der Waals surface area contributed by atoms with Gasteiger partial charge in [-0.1, -0.05) is 70.1 Å². The smallest absolute Gasteiger partial charge is 0.236 e. The van der Waals surface area contributed by atoms with E-state index in [0.29, 0.717) is 136 Å². The lowest BCUT2D eigenvalue weighted by molar-refractivity contribution is -0.133. The molecule has 0 bridgehead atoms. The van der Waals surface area contributed by atoms with Crippen molar-refractivity contribution in [2.45, 2.75) is 161 Å². The maximum absolute atomic E-state index is 13.5. The van der Waals surface area contributed by atoms with Crippen molar-refractivity contribution in [1.29, 1.82) is 0 Å². The number of hydrogen-bond acceptors (Lipinski definition) is 9. The van der Waals surface area contributed by atoms with Gasteiger partial charge in [0.2, 0.25) is 29.5 Å². The van der Waals surface area contributed by atoms with E-state index in [9.17, 15) is 24.0 Å². The minimum absolute atomic E-state index is 0.0583. The summed E-state index contributed by atoms with van der Waals surface area (Å²) in [5, 5.41) is 5.83. The Hall–Kier alpha value is -3.59. The van der Waals surface area contributed by atoms with Gasteiger partial charge < -0.3 is 48.3 Å². The van der Waals surface area contributed by atoms with Gasteiger partial charge in [-0.25, -0.2) is 0 Å². The highest BCUT2D eigenvalue weighted by Gasteiger charge is 2.19. The highest BCUT2D eigenvalue weighted by Crippen LogP contribution is 2.10. The number of amides is 5. The number of nitrogens with zero attached hydrogens (tertiary/aromatic N) is 3. The first-order valence-electron chi connectivity index (χ1n) is 23.3. The van der Waals surface area contributed by atoms with Crippen LogP contribution in [-0.2, 0) is 24.0 Å². The molecule has 0 aromatic carbocycles. The molecule has 0 rings (SSSR count). The largest absolute Gasteiger partial charge is 0.355 e. The molecular formula is C46H87N9O5. The van der Waals surface area contributed by atoms with Gasteiger partial charge in [-0.15, -0.1) is 0 Å². The molecule has 0 spiro atoms. The van der Waals surface area contributed by atoms with Crippen LogP contribution in [0, 0.1) is 0 Å². The molecular weight excluding hydrogens is 759 g/mol. The molecule has 0 aliphatic heterocycles.